The van der Waals surface area contributed by atoms with Crippen molar-refractivity contribution in [3.8, 4) is 0 Å². The highest BCUT2D eigenvalue weighted by atomic mass is 19.4. The predicted molar refractivity (Wildman–Crippen MR) is 71.6 cm³/mol. The number of hydrogen-bond donors (Lipinski definition) is 1. The second kappa shape index (κ2) is 7.43. The van der Waals surface area contributed by atoms with Gasteiger partial charge in [-0.3, -0.25) is 0 Å². The molecule has 1 nitrogen and oxygen atoms in total. The predicted octanol–water partition coefficient (Wildman–Crippen LogP) is 4.98. The molecule has 0 amide bonds. The topological polar surface area (TPSA) is 26.0 Å². The van der Waals surface area contributed by atoms with Gasteiger partial charge >= 0.3 is 6.18 Å². The second-order valence-electron chi connectivity index (χ2n) is 4.76. The molecule has 0 aliphatic rings. The molecule has 0 saturated carbocycles. The van der Waals surface area contributed by atoms with Crippen molar-refractivity contribution in [2.24, 2.45) is 5.73 Å². The Morgan fingerprint density at radius 1 is 1.20 bits per heavy atom. The number of rotatable bonds is 7. The van der Waals surface area contributed by atoms with E-state index in [9.17, 15) is 17.6 Å². The fraction of sp³-hybridized carbons (Fsp3) is 0.467. The lowest BCUT2D eigenvalue weighted by atomic mass is 9.96. The zero-order valence-electron chi connectivity index (χ0n) is 11.2. The van der Waals surface area contributed by atoms with Crippen LogP contribution in [0.15, 0.2) is 30.9 Å². The van der Waals surface area contributed by atoms with Gasteiger partial charge in [0.25, 0.3) is 0 Å². The zero-order valence-corrected chi connectivity index (χ0v) is 11.2. The highest BCUT2D eigenvalue weighted by Gasteiger charge is 2.34. The van der Waals surface area contributed by atoms with Gasteiger partial charge in [0, 0.05) is 6.04 Å². The quantitative estimate of drug-likeness (QED) is 0.427. The van der Waals surface area contributed by atoms with E-state index in [1.807, 2.05) is 0 Å². The lowest BCUT2D eigenvalue weighted by Gasteiger charge is -2.18. The minimum absolute atomic E-state index is 0.166. The van der Waals surface area contributed by atoms with E-state index in [1.54, 1.807) is 6.08 Å². The maximum absolute atomic E-state index is 13.2. The summed E-state index contributed by atoms with van der Waals surface area (Å²) in [6.07, 6.45) is 1.09. The molecule has 0 spiro atoms. The normalized spacial score (nSPS) is 13.2. The Hall–Kier alpha value is -1.36. The van der Waals surface area contributed by atoms with Crippen LogP contribution in [0.1, 0.15) is 49.3 Å². The van der Waals surface area contributed by atoms with Crippen molar-refractivity contribution < 1.29 is 17.6 Å². The average molecular weight is 289 g/mol. The van der Waals surface area contributed by atoms with Gasteiger partial charge in [-0.1, -0.05) is 18.9 Å². The number of hydrogen-bond acceptors (Lipinski definition) is 1. The summed E-state index contributed by atoms with van der Waals surface area (Å²) in [5.41, 5.74) is 4.77. The molecule has 0 saturated heterocycles. The third-order valence-corrected chi connectivity index (χ3v) is 3.14. The number of allylic oxidation sites excluding steroid dienone is 1. The van der Waals surface area contributed by atoms with Crippen LogP contribution in [0, 0.1) is 5.82 Å². The number of benzene rings is 1. The van der Waals surface area contributed by atoms with E-state index >= 15 is 0 Å². The van der Waals surface area contributed by atoms with Crippen molar-refractivity contribution in [2.75, 3.05) is 0 Å². The molecule has 0 aromatic heterocycles. The largest absolute Gasteiger partial charge is 0.416 e. The van der Waals surface area contributed by atoms with Gasteiger partial charge in [-0.2, -0.15) is 13.2 Å². The highest BCUT2D eigenvalue weighted by Crippen LogP contribution is 2.35. The molecular formula is C15H19F4N. The summed E-state index contributed by atoms with van der Waals surface area (Å²) in [6.45, 7) is 3.60. The third-order valence-electron chi connectivity index (χ3n) is 3.14. The standard InChI is InChI=1S/C15H19F4N/c1-2-3-4-5-6-7-14(20)12-10-11(16)8-9-13(12)15(17,18)19/h2,8-10,14H,1,3-7,20H2. The van der Waals surface area contributed by atoms with Gasteiger partial charge in [0.1, 0.15) is 5.82 Å². The van der Waals surface area contributed by atoms with Gasteiger partial charge in [0.05, 0.1) is 5.56 Å². The molecule has 2 N–H and O–H groups in total. The molecule has 1 aromatic carbocycles. The fourth-order valence-corrected chi connectivity index (χ4v) is 2.08. The van der Waals surface area contributed by atoms with Gasteiger partial charge in [0.2, 0.25) is 0 Å². The lowest BCUT2D eigenvalue weighted by molar-refractivity contribution is -0.138. The van der Waals surface area contributed by atoms with E-state index < -0.39 is 23.6 Å². The molecule has 0 aliphatic carbocycles. The number of alkyl halides is 3. The molecule has 0 heterocycles. The van der Waals surface area contributed by atoms with Crippen LogP contribution in [0.5, 0.6) is 0 Å². The van der Waals surface area contributed by atoms with Gasteiger partial charge < -0.3 is 5.73 Å². The second-order valence-corrected chi connectivity index (χ2v) is 4.76. The molecule has 5 heteroatoms. The Labute approximate surface area is 116 Å². The van der Waals surface area contributed by atoms with E-state index in [4.69, 9.17) is 5.73 Å². The summed E-state index contributed by atoms with van der Waals surface area (Å²) in [5.74, 6) is -0.699. The molecule has 20 heavy (non-hydrogen) atoms. The number of nitrogens with two attached hydrogens (primary N) is 1. The molecular weight excluding hydrogens is 270 g/mol. The first-order chi connectivity index (χ1) is 9.36. The van der Waals surface area contributed by atoms with Crippen LogP contribution in [-0.2, 0) is 6.18 Å². The Kier molecular flexibility index (Phi) is 6.20. The van der Waals surface area contributed by atoms with E-state index in [2.05, 4.69) is 6.58 Å². The third kappa shape index (κ3) is 4.96. The Morgan fingerprint density at radius 2 is 1.90 bits per heavy atom. The van der Waals surface area contributed by atoms with E-state index in [0.717, 1.165) is 37.5 Å². The summed E-state index contributed by atoms with van der Waals surface area (Å²) in [6, 6.07) is 1.65. The minimum Gasteiger partial charge on any atom is -0.324 e. The molecule has 1 unspecified atom stereocenters. The van der Waals surface area contributed by atoms with Crippen LogP contribution in [-0.4, -0.2) is 0 Å². The first-order valence-electron chi connectivity index (χ1n) is 6.59. The van der Waals surface area contributed by atoms with Crippen molar-refractivity contribution in [3.05, 3.63) is 47.8 Å². The van der Waals surface area contributed by atoms with Gasteiger partial charge in [-0.25, -0.2) is 4.39 Å². The highest BCUT2D eigenvalue weighted by molar-refractivity contribution is 5.32. The minimum atomic E-state index is -4.51. The number of halogens is 4. The number of unbranched alkanes of at least 4 members (excludes halogenated alkanes) is 3. The van der Waals surface area contributed by atoms with Crippen LogP contribution in [0.2, 0.25) is 0 Å². The van der Waals surface area contributed by atoms with Crippen LogP contribution in [0.25, 0.3) is 0 Å². The SMILES string of the molecule is C=CCCCCCC(N)c1cc(F)ccc1C(F)(F)F. The zero-order chi connectivity index (χ0) is 15.2. The molecule has 0 radical (unpaired) electrons. The summed E-state index contributed by atoms with van der Waals surface area (Å²) in [7, 11) is 0. The molecule has 0 fully saturated rings. The van der Waals surface area contributed by atoms with Crippen molar-refractivity contribution in [2.45, 2.75) is 44.3 Å². The average Bonchev–Trinajstić information content (AvgIpc) is 2.36. The smallest absolute Gasteiger partial charge is 0.324 e. The Balaban J connectivity index is 2.73. The molecule has 1 rings (SSSR count). The molecule has 0 bridgehead atoms. The Bertz CT molecular complexity index is 440. The summed E-state index contributed by atoms with van der Waals surface area (Å²) in [4.78, 5) is 0. The monoisotopic (exact) mass is 289 g/mol. The fourth-order valence-electron chi connectivity index (χ4n) is 2.08. The van der Waals surface area contributed by atoms with E-state index in [0.29, 0.717) is 12.8 Å². The van der Waals surface area contributed by atoms with E-state index in [-0.39, 0.29) is 5.56 Å². The van der Waals surface area contributed by atoms with E-state index in [1.165, 1.54) is 0 Å². The van der Waals surface area contributed by atoms with Crippen molar-refractivity contribution >= 4 is 0 Å². The van der Waals surface area contributed by atoms with Gasteiger partial charge in [-0.05, 0) is 43.0 Å². The summed E-state index contributed by atoms with van der Waals surface area (Å²) in [5, 5.41) is 0. The first-order valence-corrected chi connectivity index (χ1v) is 6.59. The van der Waals surface area contributed by atoms with Crippen molar-refractivity contribution in [1.29, 1.82) is 0 Å². The van der Waals surface area contributed by atoms with Crippen molar-refractivity contribution in [1.82, 2.24) is 0 Å². The van der Waals surface area contributed by atoms with Crippen LogP contribution >= 0.6 is 0 Å². The van der Waals surface area contributed by atoms with Crippen LogP contribution < -0.4 is 5.73 Å². The van der Waals surface area contributed by atoms with Crippen molar-refractivity contribution in [3.63, 3.8) is 0 Å². The molecule has 1 aromatic rings. The summed E-state index contributed by atoms with van der Waals surface area (Å²) >= 11 is 0. The molecule has 0 aliphatic heterocycles. The molecule has 1 atom stereocenters. The van der Waals surface area contributed by atoms with Gasteiger partial charge in [0.15, 0.2) is 0 Å². The summed E-state index contributed by atoms with van der Waals surface area (Å²) < 4.78 is 51.7. The lowest BCUT2D eigenvalue weighted by Crippen LogP contribution is -2.18. The maximum atomic E-state index is 13.2. The Morgan fingerprint density at radius 3 is 2.50 bits per heavy atom. The maximum Gasteiger partial charge on any atom is 0.416 e. The van der Waals surface area contributed by atoms with Gasteiger partial charge in [-0.15, -0.1) is 6.58 Å². The van der Waals surface area contributed by atoms with Crippen LogP contribution in [0.4, 0.5) is 17.6 Å². The molecule has 112 valence electrons. The van der Waals surface area contributed by atoms with Crippen LogP contribution in [0.3, 0.4) is 0 Å². The first kappa shape index (κ1) is 16.7.